The highest BCUT2D eigenvalue weighted by Crippen LogP contribution is 2.01. The summed E-state index contributed by atoms with van der Waals surface area (Å²) in [6.45, 7) is 3.44. The van der Waals surface area contributed by atoms with Crippen LogP contribution in [0.3, 0.4) is 0 Å². The first kappa shape index (κ1) is 13.4. The van der Waals surface area contributed by atoms with Gasteiger partial charge in [0.15, 0.2) is 0 Å². The molecule has 0 aromatic heterocycles. The van der Waals surface area contributed by atoms with Crippen LogP contribution in [0.15, 0.2) is 0 Å². The summed E-state index contributed by atoms with van der Waals surface area (Å²) < 4.78 is 30.3. The van der Waals surface area contributed by atoms with Crippen LogP contribution in [-0.2, 0) is 19.6 Å². The van der Waals surface area contributed by atoms with Gasteiger partial charge < -0.3 is 10.1 Å². The first-order chi connectivity index (χ1) is 7.53. The summed E-state index contributed by atoms with van der Waals surface area (Å²) in [4.78, 5) is 11.0. The lowest BCUT2D eigenvalue weighted by molar-refractivity contribution is -0.142. The Hall–Kier alpha value is -0.660. The van der Waals surface area contributed by atoms with Crippen LogP contribution in [0.5, 0.6) is 0 Å². The van der Waals surface area contributed by atoms with Gasteiger partial charge in [-0.2, -0.15) is 0 Å². The average molecular weight is 250 g/mol. The number of carbonyl (C=O) groups excluding carboxylic acids is 1. The monoisotopic (exact) mass is 250 g/mol. The molecule has 1 rings (SSSR count). The Morgan fingerprint density at radius 1 is 1.56 bits per heavy atom. The zero-order valence-electron chi connectivity index (χ0n) is 9.36. The van der Waals surface area contributed by atoms with Gasteiger partial charge >= 0.3 is 5.97 Å². The maximum absolute atomic E-state index is 11.5. The van der Waals surface area contributed by atoms with Gasteiger partial charge in [-0.3, -0.25) is 4.79 Å². The molecule has 0 amide bonds. The van der Waals surface area contributed by atoms with Gasteiger partial charge in [0, 0.05) is 12.6 Å². The molecule has 1 saturated heterocycles. The molecule has 0 bridgehead atoms. The van der Waals surface area contributed by atoms with Crippen molar-refractivity contribution in [2.24, 2.45) is 0 Å². The molecule has 0 aliphatic carbocycles. The smallest absolute Gasteiger partial charge is 0.306 e. The summed E-state index contributed by atoms with van der Waals surface area (Å²) in [7, 11) is -3.37. The minimum Gasteiger partial charge on any atom is -0.466 e. The van der Waals surface area contributed by atoms with Crippen molar-refractivity contribution in [1.82, 2.24) is 10.0 Å². The molecule has 0 aromatic carbocycles. The summed E-state index contributed by atoms with van der Waals surface area (Å²) >= 11 is 0. The van der Waals surface area contributed by atoms with Crippen LogP contribution in [0.1, 0.15) is 19.8 Å². The number of rotatable bonds is 6. The molecule has 2 N–H and O–H groups in total. The maximum Gasteiger partial charge on any atom is 0.306 e. The maximum atomic E-state index is 11.5. The minimum absolute atomic E-state index is 0.0489. The number of esters is 1. The molecule has 0 radical (unpaired) electrons. The summed E-state index contributed by atoms with van der Waals surface area (Å²) in [6.07, 6.45) is 0.696. The van der Waals surface area contributed by atoms with Crippen molar-refractivity contribution in [2.75, 3.05) is 25.4 Å². The predicted molar refractivity (Wildman–Crippen MR) is 59.4 cm³/mol. The number of carbonyl (C=O) groups is 1. The van der Waals surface area contributed by atoms with Crippen LogP contribution in [-0.4, -0.2) is 45.9 Å². The molecule has 1 heterocycles. The first-order valence-corrected chi connectivity index (χ1v) is 7.05. The Morgan fingerprint density at radius 3 is 2.88 bits per heavy atom. The molecule has 1 aliphatic rings. The molecule has 0 spiro atoms. The van der Waals surface area contributed by atoms with Gasteiger partial charge in [0.2, 0.25) is 10.0 Å². The van der Waals surface area contributed by atoms with Crippen molar-refractivity contribution in [2.45, 2.75) is 25.8 Å². The van der Waals surface area contributed by atoms with Gasteiger partial charge in [0.05, 0.1) is 18.8 Å². The molecular weight excluding hydrogens is 232 g/mol. The van der Waals surface area contributed by atoms with E-state index in [1.807, 2.05) is 0 Å². The van der Waals surface area contributed by atoms with Crippen molar-refractivity contribution < 1.29 is 17.9 Å². The first-order valence-electron chi connectivity index (χ1n) is 5.40. The Kier molecular flexibility index (Phi) is 5.17. The number of ether oxygens (including phenoxy) is 1. The zero-order chi connectivity index (χ0) is 12.0. The average Bonchev–Trinajstić information content (AvgIpc) is 2.67. The molecule has 16 heavy (non-hydrogen) atoms. The molecule has 7 heteroatoms. The highest BCUT2D eigenvalue weighted by molar-refractivity contribution is 7.89. The van der Waals surface area contributed by atoms with Crippen LogP contribution in [0.4, 0.5) is 0 Å². The molecule has 1 aliphatic heterocycles. The molecule has 1 atom stereocenters. The fourth-order valence-corrected chi connectivity index (χ4v) is 2.78. The van der Waals surface area contributed by atoms with E-state index >= 15 is 0 Å². The molecule has 1 fully saturated rings. The van der Waals surface area contributed by atoms with E-state index in [0.717, 1.165) is 13.0 Å². The van der Waals surface area contributed by atoms with Crippen LogP contribution in [0, 0.1) is 0 Å². The molecule has 0 saturated carbocycles. The number of hydrogen-bond donors (Lipinski definition) is 2. The van der Waals surface area contributed by atoms with Gasteiger partial charge in [-0.1, -0.05) is 0 Å². The largest absolute Gasteiger partial charge is 0.466 e. The normalized spacial score (nSPS) is 20.9. The summed E-state index contributed by atoms with van der Waals surface area (Å²) in [5.41, 5.74) is 0. The highest BCUT2D eigenvalue weighted by Gasteiger charge is 2.21. The predicted octanol–water partition coefficient (Wildman–Crippen LogP) is -0.779. The SMILES string of the molecule is CCOC(=O)CCS(=O)(=O)N[C@H]1CCNC1. The highest BCUT2D eigenvalue weighted by atomic mass is 32.2. The number of sulfonamides is 1. The lowest BCUT2D eigenvalue weighted by Crippen LogP contribution is -2.38. The number of nitrogens with one attached hydrogen (secondary N) is 2. The molecule has 0 aromatic rings. The lowest BCUT2D eigenvalue weighted by Gasteiger charge is -2.11. The molecule has 6 nitrogen and oxygen atoms in total. The second-order valence-electron chi connectivity index (χ2n) is 3.68. The van der Waals surface area contributed by atoms with Gasteiger partial charge in [0.25, 0.3) is 0 Å². The van der Waals surface area contributed by atoms with Crippen molar-refractivity contribution in [1.29, 1.82) is 0 Å². The summed E-state index contributed by atoms with van der Waals surface area (Å²) in [6, 6.07) is -0.0489. The van der Waals surface area contributed by atoms with E-state index in [0.29, 0.717) is 6.54 Å². The minimum atomic E-state index is -3.37. The molecule has 94 valence electrons. The van der Waals surface area contributed by atoms with Crippen molar-refractivity contribution >= 4 is 16.0 Å². The van der Waals surface area contributed by atoms with Gasteiger partial charge in [-0.25, -0.2) is 13.1 Å². The number of hydrogen-bond acceptors (Lipinski definition) is 5. The molecule has 0 unspecified atom stereocenters. The van der Waals surface area contributed by atoms with E-state index < -0.39 is 16.0 Å². The van der Waals surface area contributed by atoms with Crippen LogP contribution in [0.25, 0.3) is 0 Å². The third kappa shape index (κ3) is 4.91. The standard InChI is InChI=1S/C9H18N2O4S/c1-2-15-9(12)4-6-16(13,14)11-8-3-5-10-7-8/h8,10-11H,2-7H2,1H3/t8-/m0/s1. The Bertz CT molecular complexity index is 322. The third-order valence-electron chi connectivity index (χ3n) is 2.29. The second kappa shape index (κ2) is 6.17. The van der Waals surface area contributed by atoms with E-state index in [9.17, 15) is 13.2 Å². The second-order valence-corrected chi connectivity index (χ2v) is 5.55. The van der Waals surface area contributed by atoms with Crippen molar-refractivity contribution in [3.63, 3.8) is 0 Å². The Morgan fingerprint density at radius 2 is 2.31 bits per heavy atom. The van der Waals surface area contributed by atoms with Gasteiger partial charge in [-0.05, 0) is 19.9 Å². The van der Waals surface area contributed by atoms with E-state index in [1.165, 1.54) is 0 Å². The van der Waals surface area contributed by atoms with E-state index in [4.69, 9.17) is 0 Å². The van der Waals surface area contributed by atoms with Crippen LogP contribution in [0.2, 0.25) is 0 Å². The zero-order valence-corrected chi connectivity index (χ0v) is 10.2. The fraction of sp³-hybridized carbons (Fsp3) is 0.889. The van der Waals surface area contributed by atoms with Gasteiger partial charge in [-0.15, -0.1) is 0 Å². The topological polar surface area (TPSA) is 84.5 Å². The van der Waals surface area contributed by atoms with E-state index in [2.05, 4.69) is 14.8 Å². The third-order valence-corrected chi connectivity index (χ3v) is 3.72. The Balaban J connectivity index is 2.30. The van der Waals surface area contributed by atoms with Gasteiger partial charge in [0.1, 0.15) is 0 Å². The van der Waals surface area contributed by atoms with Crippen molar-refractivity contribution in [3.05, 3.63) is 0 Å². The Labute approximate surface area is 95.8 Å². The van der Waals surface area contributed by atoms with Crippen LogP contribution >= 0.6 is 0 Å². The summed E-state index contributed by atoms with van der Waals surface area (Å²) in [5.74, 6) is -0.681. The fourth-order valence-electron chi connectivity index (χ4n) is 1.52. The van der Waals surface area contributed by atoms with Crippen molar-refractivity contribution in [3.8, 4) is 0 Å². The molecular formula is C9H18N2O4S. The quantitative estimate of drug-likeness (QED) is 0.604. The lowest BCUT2D eigenvalue weighted by atomic mass is 10.3. The van der Waals surface area contributed by atoms with Crippen LogP contribution < -0.4 is 10.0 Å². The summed E-state index contributed by atoms with van der Waals surface area (Å²) in [5, 5.41) is 3.06. The van der Waals surface area contributed by atoms with E-state index in [1.54, 1.807) is 6.92 Å². The van der Waals surface area contributed by atoms with E-state index in [-0.39, 0.29) is 24.8 Å².